The van der Waals surface area contributed by atoms with Crippen LogP contribution in [0.3, 0.4) is 0 Å². The number of fused-ring (bicyclic) bond motifs is 1. The standard InChI is InChI=1S/C18H24N4O/c1-13-8-5-6-9-15(13)12-17(23)19-14(2)18-21-20-16-10-4-3-7-11-22(16)18/h5-6,8-9,14H,3-4,7,10-12H2,1-2H3,(H,19,23)/t14-/m1/s1. The highest BCUT2D eigenvalue weighted by molar-refractivity contribution is 5.79. The van der Waals surface area contributed by atoms with Crippen LogP contribution in [-0.4, -0.2) is 20.7 Å². The van der Waals surface area contributed by atoms with Crippen LogP contribution >= 0.6 is 0 Å². The lowest BCUT2D eigenvalue weighted by atomic mass is 10.1. The molecular weight excluding hydrogens is 288 g/mol. The summed E-state index contributed by atoms with van der Waals surface area (Å²) in [5, 5.41) is 11.7. The molecule has 0 radical (unpaired) electrons. The molecule has 1 atom stereocenters. The largest absolute Gasteiger partial charge is 0.346 e. The van der Waals surface area contributed by atoms with Gasteiger partial charge < -0.3 is 9.88 Å². The molecule has 23 heavy (non-hydrogen) atoms. The molecule has 0 saturated heterocycles. The van der Waals surface area contributed by atoms with Crippen LogP contribution in [0.25, 0.3) is 0 Å². The van der Waals surface area contributed by atoms with Crippen LogP contribution in [0.2, 0.25) is 0 Å². The van der Waals surface area contributed by atoms with Gasteiger partial charge in [-0.15, -0.1) is 10.2 Å². The van der Waals surface area contributed by atoms with Crippen LogP contribution in [0.1, 0.15) is 55.0 Å². The van der Waals surface area contributed by atoms with Gasteiger partial charge in [0.05, 0.1) is 12.5 Å². The Morgan fingerprint density at radius 1 is 1.26 bits per heavy atom. The number of carbonyl (C=O) groups is 1. The molecule has 0 aliphatic carbocycles. The van der Waals surface area contributed by atoms with Gasteiger partial charge in [0, 0.05) is 13.0 Å². The normalized spacial score (nSPS) is 15.6. The Morgan fingerprint density at radius 2 is 2.09 bits per heavy atom. The molecular formula is C18H24N4O. The summed E-state index contributed by atoms with van der Waals surface area (Å²) in [6, 6.07) is 7.88. The highest BCUT2D eigenvalue weighted by Crippen LogP contribution is 2.18. The highest BCUT2D eigenvalue weighted by atomic mass is 16.1. The zero-order valence-electron chi connectivity index (χ0n) is 13.9. The fourth-order valence-corrected chi connectivity index (χ4v) is 3.17. The molecule has 0 spiro atoms. The Kier molecular flexibility index (Phi) is 4.74. The van der Waals surface area contributed by atoms with Crippen molar-refractivity contribution in [3.63, 3.8) is 0 Å². The van der Waals surface area contributed by atoms with Crippen LogP contribution in [0.5, 0.6) is 0 Å². The van der Waals surface area contributed by atoms with Gasteiger partial charge in [-0.25, -0.2) is 0 Å². The lowest BCUT2D eigenvalue weighted by Crippen LogP contribution is -2.30. The monoisotopic (exact) mass is 312 g/mol. The van der Waals surface area contributed by atoms with E-state index in [1.807, 2.05) is 38.1 Å². The average molecular weight is 312 g/mol. The smallest absolute Gasteiger partial charge is 0.225 e. The van der Waals surface area contributed by atoms with Gasteiger partial charge in [-0.2, -0.15) is 0 Å². The van der Waals surface area contributed by atoms with E-state index < -0.39 is 0 Å². The molecule has 2 aromatic rings. The molecule has 5 heteroatoms. The summed E-state index contributed by atoms with van der Waals surface area (Å²) >= 11 is 0. The van der Waals surface area contributed by atoms with E-state index in [2.05, 4.69) is 20.1 Å². The Labute approximate surface area is 137 Å². The molecule has 0 unspecified atom stereocenters. The molecule has 1 N–H and O–H groups in total. The number of benzene rings is 1. The van der Waals surface area contributed by atoms with Crippen molar-refractivity contribution in [1.29, 1.82) is 0 Å². The molecule has 3 rings (SSSR count). The second-order valence-corrected chi connectivity index (χ2v) is 6.33. The van der Waals surface area contributed by atoms with E-state index >= 15 is 0 Å². The van der Waals surface area contributed by atoms with Crippen LogP contribution in [0.4, 0.5) is 0 Å². The van der Waals surface area contributed by atoms with Crippen LogP contribution in [-0.2, 0) is 24.2 Å². The molecule has 1 aliphatic heterocycles. The zero-order chi connectivity index (χ0) is 16.2. The third-order valence-corrected chi connectivity index (χ3v) is 4.52. The predicted molar refractivity (Wildman–Crippen MR) is 89.0 cm³/mol. The summed E-state index contributed by atoms with van der Waals surface area (Å²) in [6.07, 6.45) is 4.94. The number of carbonyl (C=O) groups excluding carboxylic acids is 1. The minimum absolute atomic E-state index is 0.0257. The molecule has 1 aromatic heterocycles. The van der Waals surface area contributed by atoms with Gasteiger partial charge in [0.15, 0.2) is 5.82 Å². The number of aryl methyl sites for hydroxylation is 2. The van der Waals surface area contributed by atoms with Crippen molar-refractivity contribution in [2.45, 2.75) is 58.5 Å². The lowest BCUT2D eigenvalue weighted by Gasteiger charge is -2.15. The number of hydrogen-bond acceptors (Lipinski definition) is 3. The second kappa shape index (κ2) is 6.94. The average Bonchev–Trinajstić information content (AvgIpc) is 2.79. The van der Waals surface area contributed by atoms with Crippen molar-refractivity contribution >= 4 is 5.91 Å². The third-order valence-electron chi connectivity index (χ3n) is 4.52. The predicted octanol–water partition coefficient (Wildman–Crippen LogP) is 2.73. The fourth-order valence-electron chi connectivity index (χ4n) is 3.17. The van der Waals surface area contributed by atoms with Gasteiger partial charge in [0.2, 0.25) is 5.91 Å². The highest BCUT2D eigenvalue weighted by Gasteiger charge is 2.20. The maximum atomic E-state index is 12.3. The SMILES string of the molecule is Cc1ccccc1CC(=O)N[C@H](C)c1nnc2n1CCCCC2. The van der Waals surface area contributed by atoms with Gasteiger partial charge in [-0.3, -0.25) is 4.79 Å². The summed E-state index contributed by atoms with van der Waals surface area (Å²) in [7, 11) is 0. The van der Waals surface area contributed by atoms with Gasteiger partial charge >= 0.3 is 0 Å². The van der Waals surface area contributed by atoms with Crippen LogP contribution in [0.15, 0.2) is 24.3 Å². The van der Waals surface area contributed by atoms with Crippen molar-refractivity contribution in [3.8, 4) is 0 Å². The third kappa shape index (κ3) is 3.60. The molecule has 2 heterocycles. The van der Waals surface area contributed by atoms with Gasteiger partial charge in [0.1, 0.15) is 5.82 Å². The summed E-state index contributed by atoms with van der Waals surface area (Å²) < 4.78 is 2.19. The fraction of sp³-hybridized carbons (Fsp3) is 0.500. The maximum absolute atomic E-state index is 12.3. The number of nitrogens with one attached hydrogen (secondary N) is 1. The van der Waals surface area contributed by atoms with E-state index in [1.54, 1.807) is 0 Å². The Balaban J connectivity index is 1.67. The second-order valence-electron chi connectivity index (χ2n) is 6.33. The number of hydrogen-bond donors (Lipinski definition) is 1. The Bertz CT molecular complexity index is 692. The first kappa shape index (κ1) is 15.7. The topological polar surface area (TPSA) is 59.8 Å². The molecule has 1 amide bonds. The minimum Gasteiger partial charge on any atom is -0.346 e. The van der Waals surface area contributed by atoms with E-state index in [4.69, 9.17) is 0 Å². The maximum Gasteiger partial charge on any atom is 0.225 e. The van der Waals surface area contributed by atoms with E-state index in [9.17, 15) is 4.79 Å². The quantitative estimate of drug-likeness (QED) is 0.944. The summed E-state index contributed by atoms with van der Waals surface area (Å²) in [4.78, 5) is 12.3. The minimum atomic E-state index is -0.120. The van der Waals surface area contributed by atoms with E-state index in [-0.39, 0.29) is 11.9 Å². The van der Waals surface area contributed by atoms with Crippen LogP contribution in [0, 0.1) is 6.92 Å². The molecule has 5 nitrogen and oxygen atoms in total. The zero-order valence-corrected chi connectivity index (χ0v) is 13.9. The molecule has 122 valence electrons. The van der Waals surface area contributed by atoms with Crippen molar-refractivity contribution < 1.29 is 4.79 Å². The molecule has 0 bridgehead atoms. The van der Waals surface area contributed by atoms with Gasteiger partial charge in [-0.1, -0.05) is 30.7 Å². The number of aromatic nitrogens is 3. The Morgan fingerprint density at radius 3 is 2.91 bits per heavy atom. The van der Waals surface area contributed by atoms with E-state index in [1.165, 1.54) is 12.8 Å². The van der Waals surface area contributed by atoms with Crippen LogP contribution < -0.4 is 5.32 Å². The first-order valence-electron chi connectivity index (χ1n) is 8.41. The number of amides is 1. The number of rotatable bonds is 4. The molecule has 1 aliphatic rings. The van der Waals surface area contributed by atoms with E-state index in [0.29, 0.717) is 6.42 Å². The van der Waals surface area contributed by atoms with Crippen molar-refractivity contribution in [2.24, 2.45) is 0 Å². The molecule has 0 fully saturated rings. The first-order chi connectivity index (χ1) is 11.1. The molecule has 0 saturated carbocycles. The summed E-state index contributed by atoms with van der Waals surface area (Å²) in [5.74, 6) is 1.95. The summed E-state index contributed by atoms with van der Waals surface area (Å²) in [5.41, 5.74) is 2.21. The van der Waals surface area contributed by atoms with Gasteiger partial charge in [-0.05, 0) is 37.8 Å². The van der Waals surface area contributed by atoms with E-state index in [0.717, 1.165) is 42.2 Å². The van der Waals surface area contributed by atoms with Crippen molar-refractivity contribution in [3.05, 3.63) is 47.0 Å². The van der Waals surface area contributed by atoms with Crippen molar-refractivity contribution in [1.82, 2.24) is 20.1 Å². The lowest BCUT2D eigenvalue weighted by molar-refractivity contribution is -0.121. The Hall–Kier alpha value is -2.17. The van der Waals surface area contributed by atoms with Crippen molar-refractivity contribution in [2.75, 3.05) is 0 Å². The van der Waals surface area contributed by atoms with Gasteiger partial charge in [0.25, 0.3) is 0 Å². The first-order valence-corrected chi connectivity index (χ1v) is 8.41. The number of nitrogens with zero attached hydrogens (tertiary/aromatic N) is 3. The summed E-state index contributed by atoms with van der Waals surface area (Å²) in [6.45, 7) is 4.97. The molecule has 1 aromatic carbocycles.